The summed E-state index contributed by atoms with van der Waals surface area (Å²) in [6.07, 6.45) is 11.8. The summed E-state index contributed by atoms with van der Waals surface area (Å²) >= 11 is 0. The fourth-order valence-electron chi connectivity index (χ4n) is 3.18. The van der Waals surface area contributed by atoms with Crippen LogP contribution in [0.2, 0.25) is 0 Å². The quantitative estimate of drug-likeness (QED) is 0.790. The van der Waals surface area contributed by atoms with Gasteiger partial charge in [-0.05, 0) is 44.8 Å². The third-order valence-corrected chi connectivity index (χ3v) is 4.07. The third-order valence-electron chi connectivity index (χ3n) is 4.07. The minimum Gasteiger partial charge on any atom is -0.346 e. The number of hydrogen-bond donors (Lipinski definition) is 1. The summed E-state index contributed by atoms with van der Waals surface area (Å²) in [6.45, 7) is 4.15. The Balaban J connectivity index is 1.79. The summed E-state index contributed by atoms with van der Waals surface area (Å²) in [4.78, 5) is 8.43. The largest absolute Gasteiger partial charge is 0.346 e. The first-order chi connectivity index (χ1) is 8.42. The number of hydrogen-bond acceptors (Lipinski definition) is 4. The Labute approximate surface area is 104 Å². The highest BCUT2D eigenvalue weighted by Gasteiger charge is 2.45. The molecule has 4 heteroatoms. The molecule has 96 valence electrons. The van der Waals surface area contributed by atoms with Crippen LogP contribution >= 0.6 is 0 Å². The van der Waals surface area contributed by atoms with Gasteiger partial charge >= 0.3 is 0 Å². The smallest absolute Gasteiger partial charge is 0.170 e. The summed E-state index contributed by atoms with van der Waals surface area (Å²) in [7, 11) is 0. The molecule has 0 aromatic rings. The molecular weight excluding hydrogens is 214 g/mol. The van der Waals surface area contributed by atoms with Crippen LogP contribution in [0.4, 0.5) is 0 Å². The Morgan fingerprint density at radius 1 is 1.12 bits per heavy atom. The lowest BCUT2D eigenvalue weighted by Gasteiger charge is -2.46. The summed E-state index contributed by atoms with van der Waals surface area (Å²) in [5.41, 5.74) is 0. The first kappa shape index (κ1) is 11.5. The lowest BCUT2D eigenvalue weighted by atomic mass is 10.2. The van der Waals surface area contributed by atoms with Crippen molar-refractivity contribution in [3.63, 3.8) is 0 Å². The molecule has 1 atom stereocenters. The van der Waals surface area contributed by atoms with Crippen LogP contribution in [-0.2, 0) is 4.84 Å². The average Bonchev–Trinajstić information content (AvgIpc) is 2.96. The molecule has 3 aliphatic rings. The Morgan fingerprint density at radius 3 is 2.88 bits per heavy atom. The first-order valence-corrected chi connectivity index (χ1v) is 7.01. The lowest BCUT2D eigenvalue weighted by Crippen LogP contribution is -2.64. The SMILES string of the molecule is C1=CN(C2(N3CCCCCO3)CCCN2)CC1. The molecule has 0 bridgehead atoms. The predicted molar refractivity (Wildman–Crippen MR) is 66.9 cm³/mol. The highest BCUT2D eigenvalue weighted by Crippen LogP contribution is 2.32. The van der Waals surface area contributed by atoms with Gasteiger partial charge in [-0.1, -0.05) is 6.08 Å². The molecule has 2 saturated heterocycles. The molecule has 1 unspecified atom stereocenters. The van der Waals surface area contributed by atoms with Crippen molar-refractivity contribution in [2.45, 2.75) is 44.3 Å². The number of hydroxylamine groups is 2. The molecule has 3 aliphatic heterocycles. The van der Waals surface area contributed by atoms with Crippen LogP contribution in [0.15, 0.2) is 12.3 Å². The molecule has 0 aromatic carbocycles. The van der Waals surface area contributed by atoms with Crippen LogP contribution < -0.4 is 5.32 Å². The Hall–Kier alpha value is -0.580. The second kappa shape index (κ2) is 4.96. The first-order valence-electron chi connectivity index (χ1n) is 7.01. The molecule has 0 radical (unpaired) electrons. The van der Waals surface area contributed by atoms with Crippen LogP contribution in [0.5, 0.6) is 0 Å². The Bertz CT molecular complexity index is 278. The zero-order valence-electron chi connectivity index (χ0n) is 10.5. The van der Waals surface area contributed by atoms with E-state index in [0.717, 1.165) is 39.1 Å². The molecule has 0 aromatic heterocycles. The lowest BCUT2D eigenvalue weighted by molar-refractivity contribution is -0.260. The van der Waals surface area contributed by atoms with E-state index in [1.165, 1.54) is 25.7 Å². The predicted octanol–water partition coefficient (Wildman–Crippen LogP) is 1.66. The van der Waals surface area contributed by atoms with Crippen molar-refractivity contribution in [2.75, 3.05) is 26.2 Å². The fraction of sp³-hybridized carbons (Fsp3) is 0.846. The van der Waals surface area contributed by atoms with Crippen molar-refractivity contribution >= 4 is 0 Å². The minimum absolute atomic E-state index is 0.0582. The van der Waals surface area contributed by atoms with Gasteiger partial charge in [0.2, 0.25) is 0 Å². The average molecular weight is 237 g/mol. The van der Waals surface area contributed by atoms with Gasteiger partial charge in [0.25, 0.3) is 0 Å². The van der Waals surface area contributed by atoms with E-state index in [1.54, 1.807) is 0 Å². The molecule has 3 heterocycles. The van der Waals surface area contributed by atoms with Crippen molar-refractivity contribution in [2.24, 2.45) is 0 Å². The maximum Gasteiger partial charge on any atom is 0.170 e. The van der Waals surface area contributed by atoms with Crippen molar-refractivity contribution < 1.29 is 4.84 Å². The van der Waals surface area contributed by atoms with E-state index in [1.807, 2.05) is 0 Å². The van der Waals surface area contributed by atoms with E-state index < -0.39 is 0 Å². The van der Waals surface area contributed by atoms with Crippen LogP contribution in [0.1, 0.15) is 38.5 Å². The van der Waals surface area contributed by atoms with Crippen molar-refractivity contribution in [1.82, 2.24) is 15.3 Å². The van der Waals surface area contributed by atoms with E-state index in [2.05, 4.69) is 27.6 Å². The Morgan fingerprint density at radius 2 is 2.12 bits per heavy atom. The van der Waals surface area contributed by atoms with Gasteiger partial charge in [-0.3, -0.25) is 10.2 Å². The normalized spacial score (nSPS) is 35.4. The van der Waals surface area contributed by atoms with Crippen LogP contribution in [0.3, 0.4) is 0 Å². The molecule has 2 fully saturated rings. The Kier molecular flexibility index (Phi) is 3.36. The second-order valence-electron chi connectivity index (χ2n) is 5.21. The second-order valence-corrected chi connectivity index (χ2v) is 5.21. The molecule has 0 aliphatic carbocycles. The molecule has 0 saturated carbocycles. The van der Waals surface area contributed by atoms with Gasteiger partial charge in [0.05, 0.1) is 6.61 Å². The van der Waals surface area contributed by atoms with E-state index >= 15 is 0 Å². The van der Waals surface area contributed by atoms with Gasteiger partial charge < -0.3 is 4.90 Å². The molecular formula is C13H23N3O. The summed E-state index contributed by atoms with van der Waals surface area (Å²) < 4.78 is 0. The maximum absolute atomic E-state index is 6.00. The van der Waals surface area contributed by atoms with Gasteiger partial charge in [-0.25, -0.2) is 0 Å². The van der Waals surface area contributed by atoms with Gasteiger partial charge in [0.1, 0.15) is 0 Å². The molecule has 4 nitrogen and oxygen atoms in total. The standard InChI is InChI=1S/C13H23N3O/c1-2-11-16(17-12-5-1)13(7-6-8-14-13)15-9-3-4-10-15/h3,9,14H,1-2,4-8,10-12H2. The molecule has 0 amide bonds. The molecule has 3 rings (SSSR count). The maximum atomic E-state index is 6.00. The molecule has 17 heavy (non-hydrogen) atoms. The number of rotatable bonds is 2. The van der Waals surface area contributed by atoms with Crippen LogP contribution in [0, 0.1) is 0 Å². The van der Waals surface area contributed by atoms with Gasteiger partial charge in [-0.2, -0.15) is 0 Å². The van der Waals surface area contributed by atoms with Crippen molar-refractivity contribution in [1.29, 1.82) is 0 Å². The zero-order valence-corrected chi connectivity index (χ0v) is 10.5. The highest BCUT2D eigenvalue weighted by molar-refractivity contribution is 5.01. The van der Waals surface area contributed by atoms with Crippen LogP contribution in [0.25, 0.3) is 0 Å². The van der Waals surface area contributed by atoms with E-state index in [4.69, 9.17) is 4.84 Å². The summed E-state index contributed by atoms with van der Waals surface area (Å²) in [6, 6.07) is 0. The van der Waals surface area contributed by atoms with E-state index in [0.29, 0.717) is 0 Å². The highest BCUT2D eigenvalue weighted by atomic mass is 16.7. The fourth-order valence-corrected chi connectivity index (χ4v) is 3.18. The number of nitrogens with one attached hydrogen (secondary N) is 1. The van der Waals surface area contributed by atoms with Gasteiger partial charge in [0, 0.05) is 19.5 Å². The van der Waals surface area contributed by atoms with Crippen molar-refractivity contribution in [3.8, 4) is 0 Å². The number of nitrogens with zero attached hydrogens (tertiary/aromatic N) is 2. The van der Waals surface area contributed by atoms with Crippen molar-refractivity contribution in [3.05, 3.63) is 12.3 Å². The zero-order chi connectivity index (χ0) is 11.6. The summed E-state index contributed by atoms with van der Waals surface area (Å²) in [5, 5.41) is 5.91. The van der Waals surface area contributed by atoms with E-state index in [-0.39, 0.29) is 5.79 Å². The molecule has 1 N–H and O–H groups in total. The third kappa shape index (κ3) is 2.09. The van der Waals surface area contributed by atoms with E-state index in [9.17, 15) is 0 Å². The van der Waals surface area contributed by atoms with Crippen LogP contribution in [-0.4, -0.2) is 42.0 Å². The molecule has 0 spiro atoms. The van der Waals surface area contributed by atoms with Gasteiger partial charge in [-0.15, -0.1) is 5.06 Å². The monoisotopic (exact) mass is 237 g/mol. The summed E-state index contributed by atoms with van der Waals surface area (Å²) in [5.74, 6) is -0.0582. The minimum atomic E-state index is -0.0582. The topological polar surface area (TPSA) is 27.7 Å². The van der Waals surface area contributed by atoms with Gasteiger partial charge in [0.15, 0.2) is 5.79 Å².